The molecular weight excluding hydrogens is 344 g/mol. The molecule has 1 aromatic carbocycles. The van der Waals surface area contributed by atoms with E-state index in [1.807, 2.05) is 12.1 Å². The van der Waals surface area contributed by atoms with Gasteiger partial charge in [-0.05, 0) is 35.4 Å². The second-order valence-electron chi connectivity index (χ2n) is 8.67. The fourth-order valence-corrected chi connectivity index (χ4v) is 3.75. The number of carbonyl (C=O) groups excluding carboxylic acids is 4. The molecule has 0 saturated carbocycles. The first kappa shape index (κ1) is 19.3. The second-order valence-corrected chi connectivity index (χ2v) is 8.67. The van der Waals surface area contributed by atoms with E-state index >= 15 is 0 Å². The van der Waals surface area contributed by atoms with Crippen LogP contribution in [-0.4, -0.2) is 34.4 Å². The van der Waals surface area contributed by atoms with Crippen LogP contribution in [0.15, 0.2) is 18.2 Å². The molecule has 2 aliphatic rings. The third-order valence-corrected chi connectivity index (χ3v) is 5.01. The highest BCUT2D eigenvalue weighted by atomic mass is 16.2. The van der Waals surface area contributed by atoms with E-state index in [2.05, 4.69) is 26.1 Å². The van der Waals surface area contributed by atoms with Crippen LogP contribution in [-0.2, 0) is 27.3 Å². The van der Waals surface area contributed by atoms with E-state index in [0.29, 0.717) is 37.8 Å². The van der Waals surface area contributed by atoms with E-state index in [-0.39, 0.29) is 29.4 Å². The minimum absolute atomic E-state index is 0.0100. The van der Waals surface area contributed by atoms with Gasteiger partial charge in [0.2, 0.25) is 11.8 Å². The van der Waals surface area contributed by atoms with E-state index < -0.39 is 11.9 Å². The zero-order valence-corrected chi connectivity index (χ0v) is 16.1. The lowest BCUT2D eigenvalue weighted by Crippen LogP contribution is -2.52. The van der Waals surface area contributed by atoms with Gasteiger partial charge in [0.25, 0.3) is 5.91 Å². The summed E-state index contributed by atoms with van der Waals surface area (Å²) in [4.78, 5) is 49.7. The van der Waals surface area contributed by atoms with Crippen LogP contribution in [0, 0.1) is 5.41 Å². The highest BCUT2D eigenvalue weighted by Gasteiger charge is 2.39. The van der Waals surface area contributed by atoms with E-state index in [1.54, 1.807) is 11.0 Å². The maximum absolute atomic E-state index is 12.7. The molecule has 1 fully saturated rings. The molecule has 0 spiro atoms. The van der Waals surface area contributed by atoms with Gasteiger partial charge in [-0.2, -0.15) is 0 Å². The van der Waals surface area contributed by atoms with Gasteiger partial charge < -0.3 is 4.90 Å². The number of rotatable bonds is 5. The molecule has 3 amide bonds. The number of hydrogen-bond acceptors (Lipinski definition) is 4. The number of benzene rings is 1. The van der Waals surface area contributed by atoms with Gasteiger partial charge >= 0.3 is 0 Å². The zero-order chi connectivity index (χ0) is 19.8. The number of nitrogens with one attached hydrogen (secondary N) is 1. The quantitative estimate of drug-likeness (QED) is 0.807. The van der Waals surface area contributed by atoms with Crippen molar-refractivity contribution in [2.24, 2.45) is 5.41 Å². The molecule has 0 bridgehead atoms. The number of imide groups is 1. The summed E-state index contributed by atoms with van der Waals surface area (Å²) in [5.74, 6) is -0.623. The molecule has 1 N–H and O–H groups in total. The molecule has 1 aromatic rings. The molecule has 0 radical (unpaired) electrons. The molecule has 6 heteroatoms. The molecule has 3 rings (SSSR count). The van der Waals surface area contributed by atoms with Crippen LogP contribution in [0.3, 0.4) is 0 Å². The lowest BCUT2D eigenvalue weighted by atomic mass is 9.88. The number of hydrogen-bond donors (Lipinski definition) is 1. The van der Waals surface area contributed by atoms with Crippen LogP contribution in [0.25, 0.3) is 0 Å². The highest BCUT2D eigenvalue weighted by Crippen LogP contribution is 2.28. The first-order valence-corrected chi connectivity index (χ1v) is 9.42. The first-order valence-electron chi connectivity index (χ1n) is 9.42. The molecule has 144 valence electrons. The number of amides is 3. The normalized spacial score (nSPS) is 19.9. The number of carbonyl (C=O) groups is 4. The number of ketones is 1. The Morgan fingerprint density at radius 3 is 2.63 bits per heavy atom. The summed E-state index contributed by atoms with van der Waals surface area (Å²) < 4.78 is 0. The lowest BCUT2D eigenvalue weighted by Gasteiger charge is -2.29. The van der Waals surface area contributed by atoms with Gasteiger partial charge in [0.05, 0.1) is 0 Å². The SMILES string of the molecule is CC(C)(C)CC(=O)CCc1ccc2c(c1)CN(C1CCC(=O)NC1=O)C2=O. The summed E-state index contributed by atoms with van der Waals surface area (Å²) in [6.45, 7) is 6.52. The Balaban J connectivity index is 1.66. The van der Waals surface area contributed by atoms with E-state index in [1.165, 1.54) is 0 Å². The molecule has 1 saturated heterocycles. The fraction of sp³-hybridized carbons (Fsp3) is 0.524. The van der Waals surface area contributed by atoms with Gasteiger partial charge in [-0.15, -0.1) is 0 Å². The maximum atomic E-state index is 12.7. The van der Waals surface area contributed by atoms with Crippen LogP contribution in [0.2, 0.25) is 0 Å². The zero-order valence-electron chi connectivity index (χ0n) is 16.1. The Morgan fingerprint density at radius 1 is 1.22 bits per heavy atom. The molecule has 1 unspecified atom stereocenters. The van der Waals surface area contributed by atoms with Crippen molar-refractivity contribution in [2.45, 2.75) is 65.5 Å². The summed E-state index contributed by atoms with van der Waals surface area (Å²) in [6, 6.07) is 5.03. The van der Waals surface area contributed by atoms with Gasteiger partial charge in [-0.3, -0.25) is 24.5 Å². The number of fused-ring (bicyclic) bond motifs is 1. The number of Topliss-reactive ketones (excluding diaryl/α,β-unsaturated/α-hetero) is 1. The molecule has 0 aromatic heterocycles. The molecule has 6 nitrogen and oxygen atoms in total. The molecular formula is C21H26N2O4. The van der Waals surface area contributed by atoms with Crippen molar-refractivity contribution in [3.8, 4) is 0 Å². The smallest absolute Gasteiger partial charge is 0.255 e. The van der Waals surface area contributed by atoms with Gasteiger partial charge in [0, 0.05) is 31.4 Å². The number of piperidine rings is 1. The van der Waals surface area contributed by atoms with Crippen molar-refractivity contribution in [3.05, 3.63) is 34.9 Å². The number of nitrogens with zero attached hydrogens (tertiary/aromatic N) is 1. The topological polar surface area (TPSA) is 83.6 Å². The Bertz CT molecular complexity index is 807. The summed E-state index contributed by atoms with van der Waals surface area (Å²) in [6.07, 6.45) is 2.30. The van der Waals surface area contributed by atoms with Crippen LogP contribution in [0.4, 0.5) is 0 Å². The largest absolute Gasteiger partial charge is 0.322 e. The molecule has 0 aliphatic carbocycles. The maximum Gasteiger partial charge on any atom is 0.255 e. The predicted molar refractivity (Wildman–Crippen MR) is 99.9 cm³/mol. The summed E-state index contributed by atoms with van der Waals surface area (Å²) in [7, 11) is 0. The Hall–Kier alpha value is -2.50. The molecule has 2 heterocycles. The Morgan fingerprint density at radius 2 is 1.96 bits per heavy atom. The Labute approximate surface area is 159 Å². The van der Waals surface area contributed by atoms with Crippen LogP contribution in [0.5, 0.6) is 0 Å². The van der Waals surface area contributed by atoms with E-state index in [4.69, 9.17) is 0 Å². The summed E-state index contributed by atoms with van der Waals surface area (Å²) in [5, 5.41) is 2.31. The average Bonchev–Trinajstić information content (AvgIpc) is 2.88. The highest BCUT2D eigenvalue weighted by molar-refractivity contribution is 6.05. The molecule has 27 heavy (non-hydrogen) atoms. The third kappa shape index (κ3) is 4.43. The van der Waals surface area contributed by atoms with Crippen LogP contribution >= 0.6 is 0 Å². The van der Waals surface area contributed by atoms with Gasteiger partial charge in [0.1, 0.15) is 11.8 Å². The molecule has 1 atom stereocenters. The van der Waals surface area contributed by atoms with Crippen molar-refractivity contribution in [1.82, 2.24) is 10.2 Å². The van der Waals surface area contributed by atoms with Crippen LogP contribution in [0.1, 0.15) is 67.9 Å². The predicted octanol–water partition coefficient (Wildman–Crippen LogP) is 2.39. The third-order valence-electron chi connectivity index (χ3n) is 5.01. The summed E-state index contributed by atoms with van der Waals surface area (Å²) in [5.41, 5.74) is 2.49. The monoisotopic (exact) mass is 370 g/mol. The Kier molecular flexibility index (Phi) is 5.18. The van der Waals surface area contributed by atoms with Crippen molar-refractivity contribution in [2.75, 3.05) is 0 Å². The van der Waals surface area contributed by atoms with Gasteiger partial charge in [-0.1, -0.05) is 32.9 Å². The van der Waals surface area contributed by atoms with Crippen molar-refractivity contribution in [1.29, 1.82) is 0 Å². The van der Waals surface area contributed by atoms with Crippen molar-refractivity contribution >= 4 is 23.5 Å². The lowest BCUT2D eigenvalue weighted by molar-refractivity contribution is -0.137. The fourth-order valence-electron chi connectivity index (χ4n) is 3.75. The minimum atomic E-state index is -0.598. The standard InChI is InChI=1S/C21H26N2O4/c1-21(2,3)11-15(24)6-4-13-5-7-16-14(10-13)12-23(20(16)27)17-8-9-18(25)22-19(17)26/h5,7,10,17H,4,6,8-9,11-12H2,1-3H3,(H,22,25,26). The van der Waals surface area contributed by atoms with Gasteiger partial charge in [-0.25, -0.2) is 0 Å². The van der Waals surface area contributed by atoms with Crippen molar-refractivity contribution < 1.29 is 19.2 Å². The molecule has 2 aliphatic heterocycles. The van der Waals surface area contributed by atoms with Crippen molar-refractivity contribution in [3.63, 3.8) is 0 Å². The first-order chi connectivity index (χ1) is 12.6. The van der Waals surface area contributed by atoms with Crippen LogP contribution < -0.4 is 5.32 Å². The second kappa shape index (κ2) is 7.25. The van der Waals surface area contributed by atoms with E-state index in [9.17, 15) is 19.2 Å². The van der Waals surface area contributed by atoms with Gasteiger partial charge in [0.15, 0.2) is 0 Å². The average molecular weight is 370 g/mol. The summed E-state index contributed by atoms with van der Waals surface area (Å²) >= 11 is 0. The number of aryl methyl sites for hydroxylation is 1. The van der Waals surface area contributed by atoms with E-state index in [0.717, 1.165) is 11.1 Å². The minimum Gasteiger partial charge on any atom is -0.322 e.